The molecule has 1 heterocycles. The summed E-state index contributed by atoms with van der Waals surface area (Å²) in [6.45, 7) is 0. The quantitative estimate of drug-likeness (QED) is 0.505. The van der Waals surface area contributed by atoms with E-state index >= 15 is 0 Å². The number of carbonyl (C=O) groups excluding carboxylic acids is 1. The average Bonchev–Trinajstić information content (AvgIpc) is 3.28. The van der Waals surface area contributed by atoms with Gasteiger partial charge in [-0.1, -0.05) is 5.16 Å². The summed E-state index contributed by atoms with van der Waals surface area (Å²) >= 11 is 0. The monoisotopic (exact) mass is 454 g/mol. The summed E-state index contributed by atoms with van der Waals surface area (Å²) in [5.74, 6) is 4.24. The number of anilines is 1. The number of hydrogen-bond acceptors (Lipinski definition) is 4. The van der Waals surface area contributed by atoms with E-state index in [1.54, 1.807) is 7.11 Å². The van der Waals surface area contributed by atoms with E-state index in [1.807, 2.05) is 30.3 Å². The van der Waals surface area contributed by atoms with Crippen molar-refractivity contribution >= 4 is 11.6 Å². The maximum atomic E-state index is 13.4. The maximum absolute atomic E-state index is 13.4. The number of ether oxygens (including phenoxy) is 1. The molecule has 5 aliphatic rings. The molecule has 5 aliphatic carbocycles. The van der Waals surface area contributed by atoms with E-state index in [1.165, 1.54) is 24.8 Å². The Morgan fingerprint density at radius 1 is 1.00 bits per heavy atom. The largest absolute Gasteiger partial charge is 0.497 e. The van der Waals surface area contributed by atoms with Crippen molar-refractivity contribution in [2.75, 3.05) is 12.4 Å². The molecule has 4 fully saturated rings. The van der Waals surface area contributed by atoms with Gasteiger partial charge in [-0.15, -0.1) is 0 Å². The van der Waals surface area contributed by atoms with E-state index < -0.39 is 0 Å². The summed E-state index contributed by atoms with van der Waals surface area (Å²) in [6, 6.07) is 14.2. The Morgan fingerprint density at radius 3 is 2.38 bits per heavy atom. The molecule has 5 nitrogen and oxygen atoms in total. The van der Waals surface area contributed by atoms with Gasteiger partial charge >= 0.3 is 0 Å². The molecule has 0 unspecified atom stereocenters. The van der Waals surface area contributed by atoms with Gasteiger partial charge in [0, 0.05) is 22.4 Å². The highest BCUT2D eigenvalue weighted by atomic mass is 16.5. The van der Waals surface area contributed by atoms with Crippen molar-refractivity contribution in [2.24, 2.45) is 23.2 Å². The molecule has 1 amide bonds. The highest BCUT2D eigenvalue weighted by Crippen LogP contribution is 2.60. The Bertz CT molecular complexity index is 1240. The van der Waals surface area contributed by atoms with Crippen LogP contribution in [0.1, 0.15) is 49.7 Å². The number of aryl methyl sites for hydroxylation is 1. The van der Waals surface area contributed by atoms with Crippen LogP contribution in [-0.2, 0) is 17.6 Å². The zero-order valence-electron chi connectivity index (χ0n) is 19.6. The highest BCUT2D eigenvalue weighted by molar-refractivity contribution is 5.96. The first-order chi connectivity index (χ1) is 16.6. The second-order valence-corrected chi connectivity index (χ2v) is 11.1. The summed E-state index contributed by atoms with van der Waals surface area (Å²) < 4.78 is 11.2. The van der Waals surface area contributed by atoms with Crippen LogP contribution in [0, 0.1) is 23.2 Å². The van der Waals surface area contributed by atoms with Gasteiger partial charge in [-0.3, -0.25) is 4.79 Å². The molecular weight excluding hydrogens is 424 g/mol. The Morgan fingerprint density at radius 2 is 1.71 bits per heavy atom. The third-order valence-corrected chi connectivity index (χ3v) is 8.92. The zero-order chi connectivity index (χ0) is 22.9. The second kappa shape index (κ2) is 7.46. The van der Waals surface area contributed by atoms with Crippen molar-refractivity contribution < 1.29 is 14.1 Å². The van der Waals surface area contributed by atoms with Crippen molar-refractivity contribution in [2.45, 2.75) is 51.4 Å². The van der Waals surface area contributed by atoms with Gasteiger partial charge in [0.25, 0.3) is 0 Å². The van der Waals surface area contributed by atoms with Crippen molar-refractivity contribution in [3.8, 4) is 28.3 Å². The number of fused-ring (bicyclic) bond motifs is 3. The van der Waals surface area contributed by atoms with Crippen LogP contribution in [0.15, 0.2) is 47.0 Å². The topological polar surface area (TPSA) is 64.4 Å². The minimum atomic E-state index is -0.131. The van der Waals surface area contributed by atoms with Gasteiger partial charge in [0.1, 0.15) is 11.4 Å². The summed E-state index contributed by atoms with van der Waals surface area (Å²) in [4.78, 5) is 13.4. The predicted molar refractivity (Wildman–Crippen MR) is 131 cm³/mol. The van der Waals surface area contributed by atoms with Crippen molar-refractivity contribution in [1.82, 2.24) is 5.16 Å². The van der Waals surface area contributed by atoms with Gasteiger partial charge < -0.3 is 14.6 Å². The Kier molecular flexibility index (Phi) is 4.46. The lowest BCUT2D eigenvalue weighted by molar-refractivity contribution is -0.140. The van der Waals surface area contributed by atoms with E-state index in [4.69, 9.17) is 9.26 Å². The van der Waals surface area contributed by atoms with Crippen LogP contribution in [0.25, 0.3) is 22.6 Å². The predicted octanol–water partition coefficient (Wildman–Crippen LogP) is 6.27. The highest BCUT2D eigenvalue weighted by Gasteiger charge is 2.54. The molecule has 0 atom stereocenters. The van der Waals surface area contributed by atoms with Crippen LogP contribution >= 0.6 is 0 Å². The first kappa shape index (κ1) is 20.3. The van der Waals surface area contributed by atoms with Crippen LogP contribution in [0.2, 0.25) is 0 Å². The molecule has 0 aliphatic heterocycles. The molecule has 0 saturated heterocycles. The molecule has 0 radical (unpaired) electrons. The number of rotatable bonds is 4. The van der Waals surface area contributed by atoms with Crippen LogP contribution < -0.4 is 10.1 Å². The molecule has 1 aromatic heterocycles. The first-order valence-electron chi connectivity index (χ1n) is 12.7. The molecule has 34 heavy (non-hydrogen) atoms. The molecular formula is C29H30N2O3. The molecule has 5 heteroatoms. The number of methoxy groups -OCH3 is 1. The van der Waals surface area contributed by atoms with E-state index in [9.17, 15) is 4.79 Å². The number of nitrogens with one attached hydrogen (secondary N) is 1. The number of aromatic nitrogens is 1. The standard InChI is InChI=1S/C29H30N2O3/c1-33-23-7-9-24-21(13-23)4-8-25-26(24)31-34-27(25)20-2-5-22(6-3-20)30-28(32)29-14-17-10-18(15-29)12-19(11-17)16-29/h2-3,5-7,9,13,17-19H,4,8,10-12,14-16H2,1H3,(H,30,32). The van der Waals surface area contributed by atoms with Gasteiger partial charge in [0.15, 0.2) is 5.76 Å². The Labute approximate surface area is 199 Å². The minimum absolute atomic E-state index is 0.131. The fourth-order valence-electron chi connectivity index (χ4n) is 7.73. The molecule has 8 rings (SSSR count). The number of amides is 1. The van der Waals surface area contributed by atoms with Crippen LogP contribution in [0.3, 0.4) is 0 Å². The molecule has 174 valence electrons. The Hall–Kier alpha value is -3.08. The fraction of sp³-hybridized carbons (Fsp3) is 0.448. The molecule has 2 aromatic carbocycles. The van der Waals surface area contributed by atoms with Crippen molar-refractivity contribution in [3.05, 3.63) is 53.6 Å². The third-order valence-electron chi connectivity index (χ3n) is 8.92. The normalized spacial score (nSPS) is 28.3. The molecule has 1 N–H and O–H groups in total. The maximum Gasteiger partial charge on any atom is 0.230 e. The smallest absolute Gasteiger partial charge is 0.230 e. The molecule has 4 saturated carbocycles. The van der Waals surface area contributed by atoms with Crippen molar-refractivity contribution in [1.29, 1.82) is 0 Å². The van der Waals surface area contributed by atoms with E-state index in [-0.39, 0.29) is 11.3 Å². The number of hydrogen-bond donors (Lipinski definition) is 1. The fourth-order valence-corrected chi connectivity index (χ4v) is 7.73. The van der Waals surface area contributed by atoms with Gasteiger partial charge in [-0.25, -0.2) is 0 Å². The number of carbonyl (C=O) groups is 1. The summed E-state index contributed by atoms with van der Waals surface area (Å²) in [5, 5.41) is 7.68. The number of nitrogens with zero attached hydrogens (tertiary/aromatic N) is 1. The van der Waals surface area contributed by atoms with Crippen LogP contribution in [-0.4, -0.2) is 18.2 Å². The van der Waals surface area contributed by atoms with Gasteiger partial charge in [0.05, 0.1) is 12.5 Å². The SMILES string of the molecule is COc1ccc2c(c1)CCc1c-2noc1-c1ccc(NC(=O)C23CC4CC(CC(C4)C2)C3)cc1. The summed E-state index contributed by atoms with van der Waals surface area (Å²) in [5.41, 5.74) is 6.19. The first-order valence-corrected chi connectivity index (χ1v) is 12.7. The van der Waals surface area contributed by atoms with Crippen molar-refractivity contribution in [3.63, 3.8) is 0 Å². The number of benzene rings is 2. The molecule has 3 aromatic rings. The average molecular weight is 455 g/mol. The molecule has 4 bridgehead atoms. The van der Waals surface area contributed by atoms with Crippen LogP contribution in [0.5, 0.6) is 5.75 Å². The summed E-state index contributed by atoms with van der Waals surface area (Å²) in [7, 11) is 1.69. The molecule has 0 spiro atoms. The second-order valence-electron chi connectivity index (χ2n) is 11.1. The van der Waals surface area contributed by atoms with E-state index in [0.29, 0.717) is 0 Å². The zero-order valence-corrected chi connectivity index (χ0v) is 19.6. The van der Waals surface area contributed by atoms with Gasteiger partial charge in [-0.05, 0) is 117 Å². The Balaban J connectivity index is 1.11. The van der Waals surface area contributed by atoms with Gasteiger partial charge in [0.2, 0.25) is 5.91 Å². The lowest BCUT2D eigenvalue weighted by Gasteiger charge is -2.55. The van der Waals surface area contributed by atoms with E-state index in [0.717, 1.165) is 89.4 Å². The van der Waals surface area contributed by atoms with Gasteiger partial charge in [-0.2, -0.15) is 0 Å². The summed E-state index contributed by atoms with van der Waals surface area (Å²) in [6.07, 6.45) is 9.12. The third kappa shape index (κ3) is 3.13. The van der Waals surface area contributed by atoms with E-state index in [2.05, 4.69) is 22.6 Å². The lowest BCUT2D eigenvalue weighted by atomic mass is 9.49. The lowest BCUT2D eigenvalue weighted by Crippen LogP contribution is -2.51. The minimum Gasteiger partial charge on any atom is -0.497 e. The van der Waals surface area contributed by atoms with Crippen LogP contribution in [0.4, 0.5) is 5.69 Å².